The van der Waals surface area contributed by atoms with E-state index in [0.717, 1.165) is 20.1 Å². The molecule has 1 amide bonds. The maximum absolute atomic E-state index is 12.6. The molecule has 31 heavy (non-hydrogen) atoms. The largest absolute Gasteiger partial charge is 0.478 e. The summed E-state index contributed by atoms with van der Waals surface area (Å²) in [6, 6.07) is 16.9. The van der Waals surface area contributed by atoms with E-state index < -0.39 is 11.9 Å². The zero-order valence-corrected chi connectivity index (χ0v) is 18.9. The number of amides is 1. The van der Waals surface area contributed by atoms with E-state index in [-0.39, 0.29) is 11.1 Å². The van der Waals surface area contributed by atoms with E-state index in [4.69, 9.17) is 23.2 Å². The van der Waals surface area contributed by atoms with Crippen LogP contribution in [0.15, 0.2) is 65.0 Å². The lowest BCUT2D eigenvalue weighted by Crippen LogP contribution is -2.16. The maximum Gasteiger partial charge on any atom is 0.336 e. The summed E-state index contributed by atoms with van der Waals surface area (Å²) in [4.78, 5) is 28.6. The van der Waals surface area contributed by atoms with Crippen molar-refractivity contribution in [3.8, 4) is 0 Å². The number of fused-ring (bicyclic) bond motifs is 1. The Morgan fingerprint density at radius 1 is 1.03 bits per heavy atom. The van der Waals surface area contributed by atoms with Crippen LogP contribution in [0.2, 0.25) is 10.0 Å². The molecule has 0 fully saturated rings. The van der Waals surface area contributed by atoms with E-state index in [0.29, 0.717) is 21.5 Å². The lowest BCUT2D eigenvalue weighted by Gasteiger charge is -2.07. The molecule has 156 valence electrons. The van der Waals surface area contributed by atoms with Gasteiger partial charge in [0.1, 0.15) is 0 Å². The molecule has 0 saturated carbocycles. The van der Waals surface area contributed by atoms with Gasteiger partial charge >= 0.3 is 5.97 Å². The molecule has 0 aliphatic rings. The van der Waals surface area contributed by atoms with Gasteiger partial charge in [0.25, 0.3) is 5.91 Å². The summed E-state index contributed by atoms with van der Waals surface area (Å²) < 4.78 is 1.79. The number of rotatable bonds is 6. The van der Waals surface area contributed by atoms with Crippen molar-refractivity contribution in [3.63, 3.8) is 0 Å². The second-order valence-electron chi connectivity index (χ2n) is 6.49. The lowest BCUT2D eigenvalue weighted by atomic mass is 10.1. The number of carboxylic acid groups (broad SMARTS) is 1. The number of aromatic nitrogens is 1. The van der Waals surface area contributed by atoms with Gasteiger partial charge < -0.3 is 10.4 Å². The van der Waals surface area contributed by atoms with Gasteiger partial charge in [0.05, 0.1) is 21.3 Å². The van der Waals surface area contributed by atoms with E-state index in [1.165, 1.54) is 23.5 Å². The van der Waals surface area contributed by atoms with Crippen LogP contribution in [0.5, 0.6) is 0 Å². The van der Waals surface area contributed by atoms with Crippen LogP contribution in [0.3, 0.4) is 0 Å². The Morgan fingerprint density at radius 2 is 1.81 bits per heavy atom. The molecule has 4 aromatic rings. The highest BCUT2D eigenvalue weighted by Gasteiger charge is 2.16. The quantitative estimate of drug-likeness (QED) is 0.290. The highest BCUT2D eigenvalue weighted by atomic mass is 35.5. The zero-order chi connectivity index (χ0) is 22.0. The number of carboxylic acids is 1. The van der Waals surface area contributed by atoms with Crippen LogP contribution in [-0.2, 0) is 5.75 Å². The minimum absolute atomic E-state index is 0.0431. The SMILES string of the molecule is O=C(O)c1ccccc1C(=O)Nc1ccc2nc(SCc3ccc(Cl)cc3Cl)sc2c1. The van der Waals surface area contributed by atoms with Crippen molar-refractivity contribution in [2.75, 3.05) is 5.32 Å². The fourth-order valence-electron chi connectivity index (χ4n) is 2.89. The van der Waals surface area contributed by atoms with Crippen molar-refractivity contribution in [1.29, 1.82) is 0 Å². The number of carbonyl (C=O) groups is 2. The molecule has 3 aromatic carbocycles. The first kappa shape index (κ1) is 21.6. The van der Waals surface area contributed by atoms with E-state index in [2.05, 4.69) is 10.3 Å². The van der Waals surface area contributed by atoms with Crippen LogP contribution in [0.1, 0.15) is 26.3 Å². The van der Waals surface area contributed by atoms with Gasteiger partial charge in [0, 0.05) is 21.5 Å². The molecule has 1 aromatic heterocycles. The molecule has 5 nitrogen and oxygen atoms in total. The molecule has 2 N–H and O–H groups in total. The second-order valence-corrected chi connectivity index (χ2v) is 9.59. The molecule has 1 heterocycles. The summed E-state index contributed by atoms with van der Waals surface area (Å²) in [7, 11) is 0. The first-order chi connectivity index (χ1) is 14.9. The summed E-state index contributed by atoms with van der Waals surface area (Å²) in [6.07, 6.45) is 0. The van der Waals surface area contributed by atoms with Gasteiger partial charge in [-0.05, 0) is 48.0 Å². The number of benzene rings is 3. The third-order valence-corrected chi connectivity index (χ3v) is 7.19. The number of anilines is 1. The molecule has 0 saturated heterocycles. The molecule has 0 aliphatic heterocycles. The average molecular weight is 489 g/mol. The van der Waals surface area contributed by atoms with Crippen LogP contribution < -0.4 is 5.32 Å². The molecule has 4 rings (SSSR count). The van der Waals surface area contributed by atoms with E-state index >= 15 is 0 Å². The molecular weight excluding hydrogens is 475 g/mol. The van der Waals surface area contributed by atoms with Crippen LogP contribution in [-0.4, -0.2) is 22.0 Å². The minimum Gasteiger partial charge on any atom is -0.478 e. The van der Waals surface area contributed by atoms with Gasteiger partial charge in [-0.15, -0.1) is 11.3 Å². The Bertz CT molecular complexity index is 1310. The third kappa shape index (κ3) is 5.02. The number of aromatic carboxylic acids is 1. The van der Waals surface area contributed by atoms with Crippen LogP contribution in [0.4, 0.5) is 5.69 Å². The number of thioether (sulfide) groups is 1. The average Bonchev–Trinajstić information content (AvgIpc) is 3.15. The number of carbonyl (C=O) groups excluding carboxylic acids is 1. The summed E-state index contributed by atoms with van der Waals surface area (Å²) in [5.41, 5.74) is 2.42. The molecule has 0 radical (unpaired) electrons. The van der Waals surface area contributed by atoms with Gasteiger partial charge in [0.15, 0.2) is 4.34 Å². The van der Waals surface area contributed by atoms with Crippen molar-refractivity contribution >= 4 is 74.1 Å². The molecule has 0 bridgehead atoms. The van der Waals surface area contributed by atoms with Gasteiger partial charge in [0.2, 0.25) is 0 Å². The summed E-state index contributed by atoms with van der Waals surface area (Å²) in [5, 5.41) is 13.3. The van der Waals surface area contributed by atoms with Gasteiger partial charge in [-0.1, -0.05) is 53.2 Å². The number of thiazole rings is 1. The van der Waals surface area contributed by atoms with E-state index in [1.807, 2.05) is 18.2 Å². The molecule has 0 unspecified atom stereocenters. The summed E-state index contributed by atoms with van der Waals surface area (Å²) in [6.45, 7) is 0. The molecule has 0 spiro atoms. The predicted molar refractivity (Wildman–Crippen MR) is 127 cm³/mol. The van der Waals surface area contributed by atoms with Crippen molar-refractivity contribution in [1.82, 2.24) is 4.98 Å². The Labute approximate surface area is 196 Å². The normalized spacial score (nSPS) is 10.9. The first-order valence-corrected chi connectivity index (χ1v) is 11.6. The minimum atomic E-state index is -1.15. The first-order valence-electron chi connectivity index (χ1n) is 9.02. The molecular formula is C22H14Cl2N2O3S2. The number of nitrogens with one attached hydrogen (secondary N) is 1. The van der Waals surface area contributed by atoms with Crippen LogP contribution in [0, 0.1) is 0 Å². The van der Waals surface area contributed by atoms with Crippen molar-refractivity contribution in [2.24, 2.45) is 0 Å². The zero-order valence-electron chi connectivity index (χ0n) is 15.8. The molecule has 0 aliphatic carbocycles. The fourth-order valence-corrected chi connectivity index (χ4v) is 5.55. The van der Waals surface area contributed by atoms with Gasteiger partial charge in [-0.2, -0.15) is 0 Å². The van der Waals surface area contributed by atoms with E-state index in [1.54, 1.807) is 42.1 Å². The highest BCUT2D eigenvalue weighted by molar-refractivity contribution is 8.00. The summed E-state index contributed by atoms with van der Waals surface area (Å²) >= 11 is 15.3. The number of hydrogen-bond donors (Lipinski definition) is 2. The number of hydrogen-bond acceptors (Lipinski definition) is 5. The maximum atomic E-state index is 12.6. The number of halogens is 2. The van der Waals surface area contributed by atoms with Crippen LogP contribution in [0.25, 0.3) is 10.2 Å². The summed E-state index contributed by atoms with van der Waals surface area (Å²) in [5.74, 6) is -0.967. The van der Waals surface area contributed by atoms with Crippen LogP contribution >= 0.6 is 46.3 Å². The Kier molecular flexibility index (Phi) is 6.48. The van der Waals surface area contributed by atoms with Crippen molar-refractivity contribution in [3.05, 3.63) is 87.4 Å². The van der Waals surface area contributed by atoms with Crippen molar-refractivity contribution < 1.29 is 14.7 Å². The Balaban J connectivity index is 1.50. The highest BCUT2D eigenvalue weighted by Crippen LogP contribution is 2.34. The second kappa shape index (κ2) is 9.28. The fraction of sp³-hybridized carbons (Fsp3) is 0.0455. The third-order valence-electron chi connectivity index (χ3n) is 4.40. The van der Waals surface area contributed by atoms with Gasteiger partial charge in [-0.25, -0.2) is 9.78 Å². The Hall–Kier alpha value is -2.58. The molecule has 9 heteroatoms. The number of nitrogens with zero attached hydrogens (tertiary/aromatic N) is 1. The predicted octanol–water partition coefficient (Wildman–Crippen LogP) is 6.85. The standard InChI is InChI=1S/C22H14Cl2N2O3S2/c23-13-6-5-12(17(24)9-13)11-30-22-26-18-8-7-14(10-19(18)31-22)25-20(27)15-3-1-2-4-16(15)21(28)29/h1-10H,11H2,(H,25,27)(H,28,29). The smallest absolute Gasteiger partial charge is 0.336 e. The monoisotopic (exact) mass is 488 g/mol. The molecule has 0 atom stereocenters. The van der Waals surface area contributed by atoms with E-state index in [9.17, 15) is 14.7 Å². The van der Waals surface area contributed by atoms with Gasteiger partial charge in [-0.3, -0.25) is 4.79 Å². The van der Waals surface area contributed by atoms with Crippen molar-refractivity contribution in [2.45, 2.75) is 10.1 Å². The lowest BCUT2D eigenvalue weighted by molar-refractivity contribution is 0.0692. The topological polar surface area (TPSA) is 79.3 Å². The Morgan fingerprint density at radius 3 is 2.55 bits per heavy atom.